The number of methoxy groups -OCH3 is 1. The maximum absolute atomic E-state index is 5.97. The Bertz CT molecular complexity index is 435. The summed E-state index contributed by atoms with van der Waals surface area (Å²) in [6.45, 7) is 5.41. The molecule has 1 fully saturated rings. The molecular formula is C14H23ClN4O. The van der Waals surface area contributed by atoms with Crippen molar-refractivity contribution in [2.45, 2.75) is 52.0 Å². The topological polar surface area (TPSA) is 51.1 Å². The molecule has 6 heteroatoms. The van der Waals surface area contributed by atoms with Crippen LogP contribution in [-0.4, -0.2) is 34.6 Å². The second-order valence-electron chi connectivity index (χ2n) is 5.71. The van der Waals surface area contributed by atoms with Crippen molar-refractivity contribution in [2.24, 2.45) is 5.92 Å². The first-order valence-corrected chi connectivity index (χ1v) is 7.70. The lowest BCUT2D eigenvalue weighted by atomic mass is 10.1. The van der Waals surface area contributed by atoms with Crippen molar-refractivity contribution in [3.63, 3.8) is 0 Å². The molecule has 0 bridgehead atoms. The molecule has 1 aliphatic carbocycles. The molecule has 1 saturated carbocycles. The van der Waals surface area contributed by atoms with Gasteiger partial charge in [-0.3, -0.25) is 0 Å². The summed E-state index contributed by atoms with van der Waals surface area (Å²) in [6, 6.07) is 0.796. The summed E-state index contributed by atoms with van der Waals surface area (Å²) in [5.41, 5.74) is 0. The van der Waals surface area contributed by atoms with E-state index in [1.807, 2.05) is 0 Å². The van der Waals surface area contributed by atoms with Gasteiger partial charge in [-0.05, 0) is 36.8 Å². The van der Waals surface area contributed by atoms with Crippen LogP contribution in [0.3, 0.4) is 0 Å². The number of ether oxygens (including phenoxy) is 1. The largest absolute Gasteiger partial charge is 0.467 e. The van der Waals surface area contributed by atoms with Crippen LogP contribution in [0, 0.1) is 5.92 Å². The third-order valence-corrected chi connectivity index (χ3v) is 3.90. The molecule has 0 aliphatic heterocycles. The van der Waals surface area contributed by atoms with E-state index in [1.165, 1.54) is 25.7 Å². The zero-order chi connectivity index (χ0) is 14.5. The van der Waals surface area contributed by atoms with Crippen LogP contribution in [0.4, 0.5) is 5.95 Å². The number of halogens is 1. The predicted molar refractivity (Wildman–Crippen MR) is 80.4 cm³/mol. The first-order chi connectivity index (χ1) is 9.60. The van der Waals surface area contributed by atoms with E-state index in [1.54, 1.807) is 7.11 Å². The monoisotopic (exact) mass is 298 g/mol. The summed E-state index contributed by atoms with van der Waals surface area (Å²) in [5, 5.41) is 0.194. The van der Waals surface area contributed by atoms with Gasteiger partial charge in [0.25, 0.3) is 0 Å². The highest BCUT2D eigenvalue weighted by atomic mass is 35.5. The molecule has 0 aromatic carbocycles. The van der Waals surface area contributed by atoms with Crippen molar-refractivity contribution >= 4 is 17.5 Å². The van der Waals surface area contributed by atoms with Crippen molar-refractivity contribution in [3.05, 3.63) is 5.28 Å². The molecular weight excluding hydrogens is 276 g/mol. The average molecular weight is 299 g/mol. The second-order valence-corrected chi connectivity index (χ2v) is 6.04. The maximum Gasteiger partial charge on any atom is 0.322 e. The summed E-state index contributed by atoms with van der Waals surface area (Å²) in [7, 11) is 1.55. The minimum absolute atomic E-state index is 0.194. The van der Waals surface area contributed by atoms with E-state index in [0.717, 1.165) is 13.0 Å². The van der Waals surface area contributed by atoms with Gasteiger partial charge in [-0.1, -0.05) is 26.7 Å². The number of aromatic nitrogens is 3. The van der Waals surface area contributed by atoms with Gasteiger partial charge < -0.3 is 9.64 Å². The maximum atomic E-state index is 5.97. The SMILES string of the molecule is COc1nc(Cl)nc(N(CCC(C)C)C2CCCC2)n1. The van der Waals surface area contributed by atoms with Gasteiger partial charge in [0.15, 0.2) is 0 Å². The lowest BCUT2D eigenvalue weighted by molar-refractivity contribution is 0.377. The van der Waals surface area contributed by atoms with Gasteiger partial charge in [0.05, 0.1) is 7.11 Å². The fourth-order valence-electron chi connectivity index (χ4n) is 2.60. The molecule has 0 radical (unpaired) electrons. The summed E-state index contributed by atoms with van der Waals surface area (Å²) < 4.78 is 5.10. The van der Waals surface area contributed by atoms with Gasteiger partial charge in [-0.25, -0.2) is 0 Å². The third-order valence-electron chi connectivity index (χ3n) is 3.73. The lowest BCUT2D eigenvalue weighted by Gasteiger charge is -2.29. The molecule has 2 rings (SSSR count). The van der Waals surface area contributed by atoms with Crippen LogP contribution in [-0.2, 0) is 0 Å². The van der Waals surface area contributed by atoms with Crippen molar-refractivity contribution < 1.29 is 4.74 Å². The van der Waals surface area contributed by atoms with Crippen LogP contribution < -0.4 is 9.64 Å². The number of nitrogens with zero attached hydrogens (tertiary/aromatic N) is 4. The van der Waals surface area contributed by atoms with Crippen LogP contribution in [0.2, 0.25) is 5.28 Å². The molecule has 0 spiro atoms. The van der Waals surface area contributed by atoms with Crippen molar-refractivity contribution in [3.8, 4) is 6.01 Å². The van der Waals surface area contributed by atoms with E-state index in [0.29, 0.717) is 17.9 Å². The third kappa shape index (κ3) is 3.95. The van der Waals surface area contributed by atoms with Gasteiger partial charge in [0.1, 0.15) is 0 Å². The van der Waals surface area contributed by atoms with Gasteiger partial charge >= 0.3 is 6.01 Å². The zero-order valence-corrected chi connectivity index (χ0v) is 13.2. The first kappa shape index (κ1) is 15.3. The normalized spacial score (nSPS) is 15.8. The number of hydrogen-bond acceptors (Lipinski definition) is 5. The van der Waals surface area contributed by atoms with E-state index in [2.05, 4.69) is 33.7 Å². The zero-order valence-electron chi connectivity index (χ0n) is 12.5. The molecule has 112 valence electrons. The Morgan fingerprint density at radius 3 is 2.55 bits per heavy atom. The molecule has 1 heterocycles. The number of hydrogen-bond donors (Lipinski definition) is 0. The van der Waals surface area contributed by atoms with Crippen LogP contribution in [0.5, 0.6) is 6.01 Å². The lowest BCUT2D eigenvalue weighted by Crippen LogP contribution is -2.36. The van der Waals surface area contributed by atoms with Gasteiger partial charge in [0, 0.05) is 12.6 Å². The highest BCUT2D eigenvalue weighted by Crippen LogP contribution is 2.28. The van der Waals surface area contributed by atoms with Crippen molar-refractivity contribution in [1.82, 2.24) is 15.0 Å². The highest BCUT2D eigenvalue weighted by molar-refractivity contribution is 6.28. The van der Waals surface area contributed by atoms with Gasteiger partial charge in [-0.2, -0.15) is 15.0 Å². The number of anilines is 1. The summed E-state index contributed by atoms with van der Waals surface area (Å²) in [6.07, 6.45) is 6.06. The smallest absolute Gasteiger partial charge is 0.322 e. The Labute approximate surface area is 125 Å². The Kier molecular flexibility index (Phi) is 5.40. The van der Waals surface area contributed by atoms with Gasteiger partial charge in [-0.15, -0.1) is 0 Å². The van der Waals surface area contributed by atoms with Gasteiger partial charge in [0.2, 0.25) is 11.2 Å². The van der Waals surface area contributed by atoms with Crippen molar-refractivity contribution in [1.29, 1.82) is 0 Å². The van der Waals surface area contributed by atoms with E-state index >= 15 is 0 Å². The van der Waals surface area contributed by atoms with Crippen LogP contribution in [0.15, 0.2) is 0 Å². The Morgan fingerprint density at radius 1 is 1.25 bits per heavy atom. The minimum atomic E-state index is 0.194. The average Bonchev–Trinajstić information content (AvgIpc) is 2.92. The van der Waals surface area contributed by atoms with E-state index in [9.17, 15) is 0 Å². The molecule has 5 nitrogen and oxygen atoms in total. The Morgan fingerprint density at radius 2 is 1.95 bits per heavy atom. The molecule has 1 aliphatic rings. The molecule has 1 aromatic heterocycles. The molecule has 20 heavy (non-hydrogen) atoms. The molecule has 1 aromatic rings. The molecule has 0 unspecified atom stereocenters. The second kappa shape index (κ2) is 7.07. The summed E-state index contributed by atoms with van der Waals surface area (Å²) in [5.74, 6) is 1.30. The van der Waals surface area contributed by atoms with E-state index in [4.69, 9.17) is 16.3 Å². The fraction of sp³-hybridized carbons (Fsp3) is 0.786. The Balaban J connectivity index is 2.22. The fourth-order valence-corrected chi connectivity index (χ4v) is 2.75. The molecule has 0 amide bonds. The summed E-state index contributed by atoms with van der Waals surface area (Å²) >= 11 is 5.97. The standard InChI is InChI=1S/C14H23ClN4O/c1-10(2)8-9-19(11-6-4-5-7-11)13-16-12(15)17-14(18-13)20-3/h10-11H,4-9H2,1-3H3. The quantitative estimate of drug-likeness (QED) is 0.806. The summed E-state index contributed by atoms with van der Waals surface area (Å²) in [4.78, 5) is 14.9. The van der Waals surface area contributed by atoms with Crippen molar-refractivity contribution in [2.75, 3.05) is 18.6 Å². The predicted octanol–water partition coefficient (Wildman–Crippen LogP) is 3.33. The van der Waals surface area contributed by atoms with Crippen LogP contribution in [0.25, 0.3) is 0 Å². The van der Waals surface area contributed by atoms with E-state index < -0.39 is 0 Å². The molecule has 0 saturated heterocycles. The van der Waals surface area contributed by atoms with E-state index in [-0.39, 0.29) is 11.3 Å². The van der Waals surface area contributed by atoms with Crippen LogP contribution in [0.1, 0.15) is 46.0 Å². The number of rotatable bonds is 6. The highest BCUT2D eigenvalue weighted by Gasteiger charge is 2.25. The minimum Gasteiger partial charge on any atom is -0.467 e. The Hall–Kier alpha value is -1.10. The first-order valence-electron chi connectivity index (χ1n) is 7.32. The molecule has 0 N–H and O–H groups in total. The molecule has 0 atom stereocenters. The van der Waals surface area contributed by atoms with Crippen LogP contribution >= 0.6 is 11.6 Å².